The number of rotatable bonds is 6. The Hall–Kier alpha value is -2.31. The van der Waals surface area contributed by atoms with Crippen molar-refractivity contribution in [3.63, 3.8) is 0 Å². The second kappa shape index (κ2) is 8.97. The molecule has 7 nitrogen and oxygen atoms in total. The molecule has 2 saturated heterocycles. The van der Waals surface area contributed by atoms with E-state index in [1.54, 1.807) is 0 Å². The lowest BCUT2D eigenvalue weighted by molar-refractivity contribution is -0.127. The van der Waals surface area contributed by atoms with Gasteiger partial charge in [0.1, 0.15) is 21.7 Å². The summed E-state index contributed by atoms with van der Waals surface area (Å²) in [6.45, 7) is 4.26. The number of halogens is 3. The lowest BCUT2D eigenvalue weighted by atomic mass is 9.86. The Bertz CT molecular complexity index is 1330. The number of hydrogen-bond donors (Lipinski definition) is 0. The molecule has 35 heavy (non-hydrogen) atoms. The number of likely N-dealkylation sites (tertiary alicyclic amines) is 1. The number of alkyl halides is 3. The number of thiazole rings is 1. The van der Waals surface area contributed by atoms with Crippen LogP contribution >= 0.6 is 11.3 Å². The van der Waals surface area contributed by atoms with Gasteiger partial charge in [0.2, 0.25) is 0 Å². The van der Waals surface area contributed by atoms with E-state index in [9.17, 15) is 21.6 Å². The van der Waals surface area contributed by atoms with Crippen LogP contribution in [0.15, 0.2) is 30.6 Å². The van der Waals surface area contributed by atoms with E-state index in [4.69, 9.17) is 0 Å². The molecule has 2 aromatic heterocycles. The third-order valence-electron chi connectivity index (χ3n) is 6.69. The van der Waals surface area contributed by atoms with Crippen LogP contribution in [0.25, 0.3) is 10.3 Å². The van der Waals surface area contributed by atoms with E-state index in [1.807, 2.05) is 24.3 Å². The molecular weight excluding hydrogens is 499 g/mol. The summed E-state index contributed by atoms with van der Waals surface area (Å²) >= 11 is 0.976. The highest BCUT2D eigenvalue weighted by Gasteiger charge is 2.44. The Morgan fingerprint density at radius 2 is 1.77 bits per heavy atom. The van der Waals surface area contributed by atoms with Gasteiger partial charge < -0.3 is 4.90 Å². The molecule has 4 heterocycles. The zero-order valence-electron chi connectivity index (χ0n) is 19.3. The maximum atomic E-state index is 12.8. The molecule has 0 amide bonds. The fourth-order valence-electron chi connectivity index (χ4n) is 5.18. The Balaban J connectivity index is 1.25. The van der Waals surface area contributed by atoms with Gasteiger partial charge in [0.25, 0.3) is 0 Å². The molecular formula is C23H26F3N5O2S2. The molecule has 0 bridgehead atoms. The van der Waals surface area contributed by atoms with Gasteiger partial charge >= 0.3 is 6.18 Å². The number of fused-ring (bicyclic) bond motifs is 1. The molecule has 2 aliphatic heterocycles. The maximum absolute atomic E-state index is 12.8. The Morgan fingerprint density at radius 3 is 2.49 bits per heavy atom. The van der Waals surface area contributed by atoms with E-state index in [0.29, 0.717) is 16.2 Å². The van der Waals surface area contributed by atoms with Crippen molar-refractivity contribution in [3.05, 3.63) is 46.7 Å². The molecule has 2 fully saturated rings. The van der Waals surface area contributed by atoms with Gasteiger partial charge in [-0.05, 0) is 30.5 Å². The fraction of sp³-hybridized carbons (Fsp3) is 0.522. The quantitative estimate of drug-likeness (QED) is 0.484. The number of aromatic nitrogens is 3. The van der Waals surface area contributed by atoms with Gasteiger partial charge in [0, 0.05) is 37.8 Å². The van der Waals surface area contributed by atoms with Crippen molar-refractivity contribution in [2.75, 3.05) is 37.3 Å². The highest BCUT2D eigenvalue weighted by molar-refractivity contribution is 7.89. The van der Waals surface area contributed by atoms with Gasteiger partial charge in [-0.3, -0.25) is 4.90 Å². The first-order chi connectivity index (χ1) is 16.5. The van der Waals surface area contributed by atoms with Crippen molar-refractivity contribution in [2.24, 2.45) is 5.41 Å². The summed E-state index contributed by atoms with van der Waals surface area (Å²) in [7, 11) is -3.05. The summed E-state index contributed by atoms with van der Waals surface area (Å²) in [5, 5.41) is 0.0118. The first-order valence-electron chi connectivity index (χ1n) is 11.4. The lowest BCUT2D eigenvalue weighted by Crippen LogP contribution is -2.31. The molecule has 0 aliphatic carbocycles. The van der Waals surface area contributed by atoms with Crippen LogP contribution in [0.5, 0.6) is 0 Å². The zero-order valence-corrected chi connectivity index (χ0v) is 20.9. The molecule has 5 rings (SSSR count). The van der Waals surface area contributed by atoms with Gasteiger partial charge in [-0.25, -0.2) is 23.4 Å². The maximum Gasteiger partial charge on any atom is 0.395 e. The fourth-order valence-corrected chi connectivity index (χ4v) is 6.90. The predicted molar refractivity (Wildman–Crippen MR) is 129 cm³/mol. The number of nitrogens with zero attached hydrogens (tertiary/aromatic N) is 5. The number of sulfone groups is 1. The summed E-state index contributed by atoms with van der Waals surface area (Å²) in [6, 6.07) is 7.73. The predicted octanol–water partition coefficient (Wildman–Crippen LogP) is 3.84. The van der Waals surface area contributed by atoms with Crippen molar-refractivity contribution in [2.45, 2.75) is 37.7 Å². The van der Waals surface area contributed by atoms with E-state index < -0.39 is 22.4 Å². The lowest BCUT2D eigenvalue weighted by Gasteiger charge is -2.25. The molecule has 188 valence electrons. The van der Waals surface area contributed by atoms with Crippen LogP contribution in [0.2, 0.25) is 0 Å². The first kappa shape index (κ1) is 24.4. The van der Waals surface area contributed by atoms with Crippen molar-refractivity contribution < 1.29 is 21.6 Å². The Labute approximate surface area is 205 Å². The number of anilines is 1. The second-order valence-electron chi connectivity index (χ2n) is 9.77. The normalized spacial score (nSPS) is 21.5. The van der Waals surface area contributed by atoms with Crippen LogP contribution in [0, 0.1) is 5.41 Å². The summed E-state index contributed by atoms with van der Waals surface area (Å²) in [4.78, 5) is 17.8. The number of hydrogen-bond acceptors (Lipinski definition) is 8. The standard InChI is InChI=1S/C23H26F3N5O2S2/c1-35(32,33)12-17-4-2-16(3-5-17)11-30-8-6-22(13-30)7-9-31(14-22)20-19-21(28-15-27-20)34-18(29-19)10-23(24,25)26/h2-5,15H,6-14H2,1H3. The van der Waals surface area contributed by atoms with Crippen molar-refractivity contribution in [3.8, 4) is 0 Å². The van der Waals surface area contributed by atoms with Crippen molar-refractivity contribution in [1.29, 1.82) is 0 Å². The smallest absolute Gasteiger partial charge is 0.354 e. The van der Waals surface area contributed by atoms with E-state index >= 15 is 0 Å². The minimum Gasteiger partial charge on any atom is -0.354 e. The highest BCUT2D eigenvalue weighted by atomic mass is 32.2. The molecule has 0 N–H and O–H groups in total. The first-order valence-corrected chi connectivity index (χ1v) is 14.2. The molecule has 12 heteroatoms. The highest BCUT2D eigenvalue weighted by Crippen LogP contribution is 2.42. The van der Waals surface area contributed by atoms with E-state index in [1.165, 1.54) is 12.6 Å². The average Bonchev–Trinajstić information content (AvgIpc) is 3.45. The average molecular weight is 526 g/mol. The molecule has 1 aromatic carbocycles. The van der Waals surface area contributed by atoms with Crippen LogP contribution in [-0.4, -0.2) is 66.9 Å². The molecule has 0 saturated carbocycles. The molecule has 0 radical (unpaired) electrons. The monoisotopic (exact) mass is 525 g/mol. The summed E-state index contributed by atoms with van der Waals surface area (Å²) in [6.07, 6.45) is -0.686. The summed E-state index contributed by atoms with van der Waals surface area (Å²) in [5.74, 6) is 0.666. The second-order valence-corrected chi connectivity index (χ2v) is 13.0. The van der Waals surface area contributed by atoms with Crippen LogP contribution in [0.1, 0.15) is 29.0 Å². The van der Waals surface area contributed by atoms with Crippen LogP contribution in [-0.2, 0) is 28.6 Å². The summed E-state index contributed by atoms with van der Waals surface area (Å²) in [5.41, 5.74) is 2.50. The van der Waals surface area contributed by atoms with Gasteiger partial charge in [-0.2, -0.15) is 13.2 Å². The molecule has 1 unspecified atom stereocenters. The molecule has 3 aromatic rings. The van der Waals surface area contributed by atoms with Crippen LogP contribution < -0.4 is 4.90 Å². The third-order valence-corrected chi connectivity index (χ3v) is 8.51. The Kier molecular flexibility index (Phi) is 6.25. The van der Waals surface area contributed by atoms with Crippen LogP contribution in [0.4, 0.5) is 19.0 Å². The minimum absolute atomic E-state index is 0.0118. The molecule has 1 atom stereocenters. The SMILES string of the molecule is CS(=O)(=O)Cc1ccc(CN2CCC3(CCN(c4ncnc5sc(CC(F)(F)F)nc45)C3)C2)cc1. The zero-order chi connectivity index (χ0) is 24.8. The largest absolute Gasteiger partial charge is 0.395 e. The number of benzene rings is 1. The van der Waals surface area contributed by atoms with Gasteiger partial charge in [0.05, 0.1) is 12.2 Å². The molecule has 1 spiro atoms. The minimum atomic E-state index is -4.31. The van der Waals surface area contributed by atoms with Crippen LogP contribution in [0.3, 0.4) is 0 Å². The van der Waals surface area contributed by atoms with Gasteiger partial charge in [-0.1, -0.05) is 35.6 Å². The third kappa shape index (κ3) is 5.75. The van der Waals surface area contributed by atoms with E-state index in [2.05, 4.69) is 24.8 Å². The summed E-state index contributed by atoms with van der Waals surface area (Å²) < 4.78 is 61.5. The van der Waals surface area contributed by atoms with Gasteiger partial charge in [0.15, 0.2) is 15.7 Å². The van der Waals surface area contributed by atoms with Crippen molar-refractivity contribution >= 4 is 37.3 Å². The van der Waals surface area contributed by atoms with E-state index in [-0.39, 0.29) is 16.2 Å². The van der Waals surface area contributed by atoms with E-state index in [0.717, 1.165) is 68.0 Å². The van der Waals surface area contributed by atoms with Crippen molar-refractivity contribution in [1.82, 2.24) is 19.9 Å². The topological polar surface area (TPSA) is 79.3 Å². The molecule has 2 aliphatic rings. The van der Waals surface area contributed by atoms with Gasteiger partial charge in [-0.15, -0.1) is 0 Å². The Morgan fingerprint density at radius 1 is 1.06 bits per heavy atom.